The lowest BCUT2D eigenvalue weighted by Crippen LogP contribution is -2.52. The maximum atomic E-state index is 12.6. The molecule has 0 saturated carbocycles. The lowest BCUT2D eigenvalue weighted by Gasteiger charge is -2.39. The molecule has 1 fully saturated rings. The van der Waals surface area contributed by atoms with Crippen LogP contribution in [0.3, 0.4) is 0 Å². The fourth-order valence-corrected chi connectivity index (χ4v) is 3.27. The van der Waals surface area contributed by atoms with Crippen molar-refractivity contribution < 1.29 is 14.3 Å². The summed E-state index contributed by atoms with van der Waals surface area (Å²) in [7, 11) is 0. The van der Waals surface area contributed by atoms with E-state index in [-0.39, 0.29) is 36.6 Å². The second-order valence-corrected chi connectivity index (χ2v) is 6.92. The van der Waals surface area contributed by atoms with Crippen LogP contribution in [0, 0.1) is 0 Å². The molecule has 0 unspecified atom stereocenters. The van der Waals surface area contributed by atoms with E-state index >= 15 is 0 Å². The van der Waals surface area contributed by atoms with Crippen LogP contribution < -0.4 is 0 Å². The monoisotopic (exact) mass is 366 g/mol. The largest absolute Gasteiger partial charge is 0.445 e. The second kappa shape index (κ2) is 9.66. The molecule has 0 aliphatic carbocycles. The van der Waals surface area contributed by atoms with Gasteiger partial charge in [0, 0.05) is 25.2 Å². The van der Waals surface area contributed by atoms with Crippen molar-refractivity contribution in [1.82, 2.24) is 9.80 Å². The van der Waals surface area contributed by atoms with Crippen molar-refractivity contribution in [3.8, 4) is 0 Å². The molecule has 138 valence electrons. The molecular formula is C19H27ClN2O3. The minimum atomic E-state index is -0.345. The number of likely N-dealkylation sites (tertiary alicyclic amines) is 1. The molecule has 5 nitrogen and oxygen atoms in total. The van der Waals surface area contributed by atoms with Gasteiger partial charge in [-0.25, -0.2) is 4.79 Å². The molecule has 6 heteroatoms. The fourth-order valence-electron chi connectivity index (χ4n) is 3.12. The first-order valence-corrected chi connectivity index (χ1v) is 9.39. The van der Waals surface area contributed by atoms with E-state index in [0.717, 1.165) is 24.8 Å². The first-order valence-electron chi connectivity index (χ1n) is 8.85. The number of hydrogen-bond acceptors (Lipinski definition) is 3. The molecule has 0 radical (unpaired) electrons. The smallest absolute Gasteiger partial charge is 0.410 e. The van der Waals surface area contributed by atoms with Crippen molar-refractivity contribution >= 4 is 23.6 Å². The Bertz CT molecular complexity index is 565. The van der Waals surface area contributed by atoms with Crippen molar-refractivity contribution in [2.24, 2.45) is 0 Å². The van der Waals surface area contributed by atoms with Crippen LogP contribution in [-0.2, 0) is 16.1 Å². The van der Waals surface area contributed by atoms with Gasteiger partial charge < -0.3 is 14.5 Å². The van der Waals surface area contributed by atoms with Gasteiger partial charge in [0.05, 0.1) is 0 Å². The number of alkyl halides is 1. The summed E-state index contributed by atoms with van der Waals surface area (Å²) in [6.45, 7) is 5.35. The Balaban J connectivity index is 1.98. The van der Waals surface area contributed by atoms with Gasteiger partial charge in [0.15, 0.2) is 0 Å². The van der Waals surface area contributed by atoms with Crippen LogP contribution in [-0.4, -0.2) is 52.9 Å². The van der Waals surface area contributed by atoms with E-state index in [4.69, 9.17) is 16.3 Å². The highest BCUT2D eigenvalue weighted by Crippen LogP contribution is 2.20. The van der Waals surface area contributed by atoms with Crippen LogP contribution >= 0.6 is 11.6 Å². The zero-order valence-electron chi connectivity index (χ0n) is 15.0. The molecule has 2 amide bonds. The summed E-state index contributed by atoms with van der Waals surface area (Å²) in [5.74, 6) is -0.0795. The molecule has 0 N–H and O–H groups in total. The average Bonchev–Trinajstić information content (AvgIpc) is 2.64. The van der Waals surface area contributed by atoms with Crippen molar-refractivity contribution in [2.75, 3.05) is 19.0 Å². The maximum Gasteiger partial charge on any atom is 0.410 e. The van der Waals surface area contributed by atoms with E-state index in [2.05, 4.69) is 0 Å². The normalized spacial score (nSPS) is 17.4. The first-order chi connectivity index (χ1) is 12.0. The zero-order chi connectivity index (χ0) is 18.2. The third-order valence-corrected chi connectivity index (χ3v) is 4.76. The van der Waals surface area contributed by atoms with Gasteiger partial charge in [0.1, 0.15) is 12.5 Å². The molecule has 1 aromatic carbocycles. The predicted molar refractivity (Wildman–Crippen MR) is 98.5 cm³/mol. The van der Waals surface area contributed by atoms with Gasteiger partial charge in [-0.3, -0.25) is 4.79 Å². The molecule has 25 heavy (non-hydrogen) atoms. The topological polar surface area (TPSA) is 49.9 Å². The number of amides is 2. The van der Waals surface area contributed by atoms with Gasteiger partial charge in [-0.2, -0.15) is 0 Å². The van der Waals surface area contributed by atoms with Gasteiger partial charge in [0.25, 0.3) is 0 Å². The minimum absolute atomic E-state index is 0.00171. The Morgan fingerprint density at radius 1 is 1.28 bits per heavy atom. The highest BCUT2D eigenvalue weighted by Gasteiger charge is 2.30. The number of nitrogens with zero attached hydrogens (tertiary/aromatic N) is 2. The highest BCUT2D eigenvalue weighted by molar-refractivity contribution is 6.27. The van der Waals surface area contributed by atoms with Crippen LogP contribution in [0.1, 0.15) is 38.7 Å². The number of carbonyl (C=O) groups excluding carboxylic acids is 2. The standard InChI is InChI=1S/C19H27ClN2O3/c1-15(2)22(19(24)25-14-16-8-4-3-5-9-16)13-17-10-6-7-11-21(17)18(23)12-20/h3-5,8-9,15,17H,6-7,10-14H2,1-2H3/t17-/m1/s1. The lowest BCUT2D eigenvalue weighted by molar-refractivity contribution is -0.132. The van der Waals surface area contributed by atoms with Gasteiger partial charge in [-0.15, -0.1) is 11.6 Å². The Labute approximate surface area is 154 Å². The Morgan fingerprint density at radius 3 is 2.64 bits per heavy atom. The van der Waals surface area contributed by atoms with E-state index in [0.29, 0.717) is 13.1 Å². The van der Waals surface area contributed by atoms with Crippen molar-refractivity contribution in [1.29, 1.82) is 0 Å². The van der Waals surface area contributed by atoms with E-state index in [1.165, 1.54) is 0 Å². The van der Waals surface area contributed by atoms with Crippen molar-refractivity contribution in [2.45, 2.75) is 51.8 Å². The number of halogens is 1. The quantitative estimate of drug-likeness (QED) is 0.722. The predicted octanol–water partition coefficient (Wildman–Crippen LogP) is 3.65. The van der Waals surface area contributed by atoms with Crippen molar-refractivity contribution in [3.63, 3.8) is 0 Å². The van der Waals surface area contributed by atoms with E-state index < -0.39 is 0 Å². The summed E-state index contributed by atoms with van der Waals surface area (Å²) < 4.78 is 5.47. The SMILES string of the molecule is CC(C)N(C[C@H]1CCCCN1C(=O)CCl)C(=O)OCc1ccccc1. The third-order valence-electron chi connectivity index (χ3n) is 4.53. The summed E-state index contributed by atoms with van der Waals surface area (Å²) in [5.41, 5.74) is 0.955. The molecule has 2 rings (SSSR count). The van der Waals surface area contributed by atoms with Crippen LogP contribution in [0.5, 0.6) is 0 Å². The second-order valence-electron chi connectivity index (χ2n) is 6.66. The number of ether oxygens (including phenoxy) is 1. The number of hydrogen-bond donors (Lipinski definition) is 0. The molecule has 1 aromatic rings. The molecular weight excluding hydrogens is 340 g/mol. The summed E-state index contributed by atoms with van der Waals surface area (Å²) in [5, 5.41) is 0. The Hall–Kier alpha value is -1.75. The average molecular weight is 367 g/mol. The van der Waals surface area contributed by atoms with E-state index in [1.54, 1.807) is 4.90 Å². The molecule has 0 spiro atoms. The lowest BCUT2D eigenvalue weighted by atomic mass is 10.0. The molecule has 1 saturated heterocycles. The van der Waals surface area contributed by atoms with E-state index in [1.807, 2.05) is 49.1 Å². The number of carbonyl (C=O) groups is 2. The summed E-state index contributed by atoms with van der Waals surface area (Å²) in [4.78, 5) is 28.1. The van der Waals surface area contributed by atoms with E-state index in [9.17, 15) is 9.59 Å². The van der Waals surface area contributed by atoms with Gasteiger partial charge in [0.2, 0.25) is 5.91 Å². The van der Waals surface area contributed by atoms with Gasteiger partial charge in [-0.1, -0.05) is 30.3 Å². The summed E-state index contributed by atoms with van der Waals surface area (Å²) >= 11 is 5.73. The maximum absolute atomic E-state index is 12.6. The summed E-state index contributed by atoms with van der Waals surface area (Å²) in [6, 6.07) is 9.62. The molecule has 1 heterocycles. The Kier molecular flexibility index (Phi) is 7.56. The zero-order valence-corrected chi connectivity index (χ0v) is 15.7. The summed E-state index contributed by atoms with van der Waals surface area (Å²) in [6.07, 6.45) is 2.58. The van der Waals surface area contributed by atoms with Gasteiger partial charge >= 0.3 is 6.09 Å². The fraction of sp³-hybridized carbons (Fsp3) is 0.579. The highest BCUT2D eigenvalue weighted by atomic mass is 35.5. The van der Waals surface area contributed by atoms with Gasteiger partial charge in [-0.05, 0) is 38.7 Å². The van der Waals surface area contributed by atoms with Crippen LogP contribution in [0.25, 0.3) is 0 Å². The first kappa shape index (κ1) is 19.6. The number of benzene rings is 1. The molecule has 0 bridgehead atoms. The Morgan fingerprint density at radius 2 is 2.00 bits per heavy atom. The molecule has 1 aliphatic rings. The van der Waals surface area contributed by atoms with Crippen molar-refractivity contribution in [3.05, 3.63) is 35.9 Å². The number of rotatable bonds is 6. The molecule has 1 aliphatic heterocycles. The van der Waals surface area contributed by atoms with Crippen LogP contribution in [0.15, 0.2) is 30.3 Å². The number of piperidine rings is 1. The molecule has 1 atom stereocenters. The van der Waals surface area contributed by atoms with Crippen LogP contribution in [0.2, 0.25) is 0 Å². The van der Waals surface area contributed by atoms with Crippen LogP contribution in [0.4, 0.5) is 4.79 Å². The third kappa shape index (κ3) is 5.63. The minimum Gasteiger partial charge on any atom is -0.445 e. The molecule has 0 aromatic heterocycles.